The Morgan fingerprint density at radius 3 is 2.53 bits per heavy atom. The zero-order chi connectivity index (χ0) is 22.7. The van der Waals surface area contributed by atoms with Crippen molar-refractivity contribution in [2.75, 3.05) is 27.0 Å². The number of ether oxygens (including phenoxy) is 3. The van der Waals surface area contributed by atoms with E-state index in [1.807, 2.05) is 42.5 Å². The molecule has 0 aromatic heterocycles. The number of likely N-dealkylation sites (tertiary alicyclic amines) is 1. The second-order valence-corrected chi connectivity index (χ2v) is 8.72. The number of allylic oxidation sites excluding steroid dienone is 2. The number of carboxylic acids is 1. The minimum Gasteiger partial charge on any atom is -0.497 e. The van der Waals surface area contributed by atoms with Gasteiger partial charge in [0.05, 0.1) is 13.0 Å². The Hall–Kier alpha value is -2.99. The smallest absolute Gasteiger partial charge is 0.309 e. The maximum Gasteiger partial charge on any atom is 0.309 e. The summed E-state index contributed by atoms with van der Waals surface area (Å²) in [5.74, 6) is 0.685. The van der Waals surface area contributed by atoms with Crippen LogP contribution in [0.3, 0.4) is 0 Å². The highest BCUT2D eigenvalue weighted by atomic mass is 16.7. The van der Waals surface area contributed by atoms with Gasteiger partial charge in [0.15, 0.2) is 11.5 Å². The standard InChI is InChI=1S/C26H31NO5/c1-17(2)6-4-5-13-27-15-21(19-9-12-22-23(14-19)32-16-31-22)24(26(28)29)25(27)18-7-10-20(30-3)11-8-18/h6-12,14,21,24-25H,4-5,13,15-16H2,1-3H3,(H,28,29)/t21?,24-,25+/m0/s1. The predicted octanol–water partition coefficient (Wildman–Crippen LogP) is 5.01. The first-order valence-electron chi connectivity index (χ1n) is 11.1. The van der Waals surface area contributed by atoms with E-state index in [4.69, 9.17) is 14.2 Å². The fourth-order valence-electron chi connectivity index (χ4n) is 4.83. The number of rotatable bonds is 8. The zero-order valence-corrected chi connectivity index (χ0v) is 18.9. The molecule has 3 atom stereocenters. The van der Waals surface area contributed by atoms with Gasteiger partial charge in [-0.25, -0.2) is 0 Å². The van der Waals surface area contributed by atoms with Crippen LogP contribution in [0.1, 0.15) is 49.8 Å². The average molecular weight is 438 g/mol. The van der Waals surface area contributed by atoms with Crippen molar-refractivity contribution >= 4 is 5.97 Å². The Morgan fingerprint density at radius 1 is 1.12 bits per heavy atom. The minimum atomic E-state index is -0.778. The van der Waals surface area contributed by atoms with Gasteiger partial charge in [0.2, 0.25) is 6.79 Å². The molecule has 2 aliphatic rings. The van der Waals surface area contributed by atoms with E-state index in [2.05, 4.69) is 24.8 Å². The van der Waals surface area contributed by atoms with Crippen LogP contribution in [0.2, 0.25) is 0 Å². The lowest BCUT2D eigenvalue weighted by Gasteiger charge is -2.27. The topological polar surface area (TPSA) is 68.2 Å². The summed E-state index contributed by atoms with van der Waals surface area (Å²) < 4.78 is 16.3. The molecule has 0 aliphatic carbocycles. The van der Waals surface area contributed by atoms with Gasteiger partial charge in [-0.05, 0) is 68.6 Å². The van der Waals surface area contributed by atoms with Crippen molar-refractivity contribution in [3.63, 3.8) is 0 Å². The maximum absolute atomic E-state index is 12.6. The molecule has 2 aromatic rings. The molecule has 1 N–H and O–H groups in total. The summed E-state index contributed by atoms with van der Waals surface area (Å²) in [6.07, 6.45) is 4.21. The first-order chi connectivity index (χ1) is 15.5. The molecule has 0 spiro atoms. The van der Waals surface area contributed by atoms with E-state index in [1.54, 1.807) is 7.11 Å². The molecule has 32 heavy (non-hydrogen) atoms. The number of carboxylic acid groups (broad SMARTS) is 1. The number of hydrogen-bond donors (Lipinski definition) is 1. The van der Waals surface area contributed by atoms with Crippen molar-refractivity contribution in [2.24, 2.45) is 5.92 Å². The van der Waals surface area contributed by atoms with Crippen LogP contribution in [-0.4, -0.2) is 43.0 Å². The molecule has 0 amide bonds. The van der Waals surface area contributed by atoms with Gasteiger partial charge in [-0.2, -0.15) is 0 Å². The number of unbranched alkanes of at least 4 members (excludes halogenated alkanes) is 1. The van der Waals surface area contributed by atoms with E-state index in [-0.39, 0.29) is 18.8 Å². The Morgan fingerprint density at radius 2 is 1.84 bits per heavy atom. The molecule has 0 radical (unpaired) electrons. The van der Waals surface area contributed by atoms with Crippen LogP contribution in [0, 0.1) is 5.92 Å². The highest BCUT2D eigenvalue weighted by molar-refractivity contribution is 5.74. The fraction of sp³-hybridized carbons (Fsp3) is 0.423. The molecular weight excluding hydrogens is 406 g/mol. The SMILES string of the molecule is COc1ccc([C@@H]2[C@@H](C(=O)O)C(c3ccc4c(c3)OCO4)CN2CCCC=C(C)C)cc1. The molecular formula is C26H31NO5. The van der Waals surface area contributed by atoms with E-state index in [0.29, 0.717) is 18.0 Å². The van der Waals surface area contributed by atoms with Crippen LogP contribution in [0.5, 0.6) is 17.2 Å². The second kappa shape index (κ2) is 9.65. The Kier molecular flexibility index (Phi) is 6.70. The summed E-state index contributed by atoms with van der Waals surface area (Å²) in [4.78, 5) is 14.9. The Balaban J connectivity index is 1.66. The van der Waals surface area contributed by atoms with E-state index in [1.165, 1.54) is 5.57 Å². The molecule has 1 fully saturated rings. The molecule has 0 saturated carbocycles. The van der Waals surface area contributed by atoms with Gasteiger partial charge in [0, 0.05) is 18.5 Å². The fourth-order valence-corrected chi connectivity index (χ4v) is 4.83. The predicted molar refractivity (Wildman–Crippen MR) is 122 cm³/mol. The number of carbonyl (C=O) groups is 1. The second-order valence-electron chi connectivity index (χ2n) is 8.72. The normalized spacial score (nSPS) is 22.0. The third-order valence-electron chi connectivity index (χ3n) is 6.37. The monoisotopic (exact) mass is 437 g/mol. The summed E-state index contributed by atoms with van der Waals surface area (Å²) in [6, 6.07) is 13.4. The van der Waals surface area contributed by atoms with Crippen LogP contribution in [0.4, 0.5) is 0 Å². The molecule has 170 valence electrons. The number of benzene rings is 2. The lowest BCUT2D eigenvalue weighted by molar-refractivity contribution is -0.143. The molecule has 2 aromatic carbocycles. The first-order valence-corrected chi connectivity index (χ1v) is 11.1. The number of hydrogen-bond acceptors (Lipinski definition) is 5. The quantitative estimate of drug-likeness (QED) is 0.462. The molecule has 1 saturated heterocycles. The van der Waals surface area contributed by atoms with E-state index in [9.17, 15) is 9.90 Å². The van der Waals surface area contributed by atoms with Crippen molar-refractivity contribution < 1.29 is 24.1 Å². The third kappa shape index (κ3) is 4.60. The highest BCUT2D eigenvalue weighted by Gasteiger charge is 2.47. The van der Waals surface area contributed by atoms with Crippen molar-refractivity contribution in [1.82, 2.24) is 4.90 Å². The summed E-state index contributed by atoms with van der Waals surface area (Å²) in [5.41, 5.74) is 3.29. The van der Waals surface area contributed by atoms with Gasteiger partial charge in [0.1, 0.15) is 5.75 Å². The summed E-state index contributed by atoms with van der Waals surface area (Å²) in [6.45, 7) is 5.93. The number of aliphatic carboxylic acids is 1. The summed E-state index contributed by atoms with van der Waals surface area (Å²) in [7, 11) is 1.63. The Labute approximate surface area is 189 Å². The van der Waals surface area contributed by atoms with Crippen molar-refractivity contribution in [3.8, 4) is 17.2 Å². The Bertz CT molecular complexity index is 980. The van der Waals surface area contributed by atoms with Gasteiger partial charge in [-0.1, -0.05) is 29.8 Å². The van der Waals surface area contributed by atoms with Gasteiger partial charge in [0.25, 0.3) is 0 Å². The lowest BCUT2D eigenvalue weighted by atomic mass is 9.82. The average Bonchev–Trinajstić information content (AvgIpc) is 3.40. The van der Waals surface area contributed by atoms with Gasteiger partial charge in [-0.3, -0.25) is 9.69 Å². The lowest BCUT2D eigenvalue weighted by Crippen LogP contribution is -2.29. The van der Waals surface area contributed by atoms with Crippen LogP contribution in [0.25, 0.3) is 0 Å². The number of fused-ring (bicyclic) bond motifs is 1. The van der Waals surface area contributed by atoms with Crippen LogP contribution in [-0.2, 0) is 4.79 Å². The van der Waals surface area contributed by atoms with Crippen LogP contribution >= 0.6 is 0 Å². The number of methoxy groups -OCH3 is 1. The first kappa shape index (κ1) is 22.2. The summed E-state index contributed by atoms with van der Waals surface area (Å²) >= 11 is 0. The molecule has 2 aliphatic heterocycles. The highest BCUT2D eigenvalue weighted by Crippen LogP contribution is 2.47. The van der Waals surface area contributed by atoms with Crippen LogP contribution < -0.4 is 14.2 Å². The maximum atomic E-state index is 12.6. The molecule has 6 nitrogen and oxygen atoms in total. The number of nitrogens with zero attached hydrogens (tertiary/aromatic N) is 1. The van der Waals surface area contributed by atoms with Crippen molar-refractivity contribution in [2.45, 2.75) is 38.6 Å². The van der Waals surface area contributed by atoms with Crippen molar-refractivity contribution in [3.05, 3.63) is 65.2 Å². The largest absolute Gasteiger partial charge is 0.497 e. The molecule has 1 unspecified atom stereocenters. The molecule has 6 heteroatoms. The van der Waals surface area contributed by atoms with Gasteiger partial charge in [-0.15, -0.1) is 0 Å². The zero-order valence-electron chi connectivity index (χ0n) is 18.9. The van der Waals surface area contributed by atoms with Gasteiger partial charge >= 0.3 is 5.97 Å². The minimum absolute atomic E-state index is 0.141. The molecule has 2 heterocycles. The van der Waals surface area contributed by atoms with Crippen molar-refractivity contribution in [1.29, 1.82) is 0 Å². The van der Waals surface area contributed by atoms with E-state index in [0.717, 1.165) is 36.3 Å². The van der Waals surface area contributed by atoms with Gasteiger partial charge < -0.3 is 19.3 Å². The molecule has 0 bridgehead atoms. The summed E-state index contributed by atoms with van der Waals surface area (Å²) in [5, 5.41) is 10.3. The third-order valence-corrected chi connectivity index (χ3v) is 6.37. The van der Waals surface area contributed by atoms with E-state index < -0.39 is 11.9 Å². The van der Waals surface area contributed by atoms with E-state index >= 15 is 0 Å². The van der Waals surface area contributed by atoms with Crippen LogP contribution in [0.15, 0.2) is 54.1 Å². The molecule has 4 rings (SSSR count).